The highest BCUT2D eigenvalue weighted by Crippen LogP contribution is 2.31. The van der Waals surface area contributed by atoms with Crippen LogP contribution in [0.4, 0.5) is 0 Å². The standard InChI is InChI=1S/C17H19NO2/c18-17-3-1-2-13-6-9-15(10-16(13)17)20-11-12-4-7-14(19)8-5-12/h4-10,17,19H,1-3,11,18H2. The molecule has 0 saturated carbocycles. The van der Waals surface area contributed by atoms with Crippen LogP contribution in [-0.4, -0.2) is 5.11 Å². The van der Waals surface area contributed by atoms with E-state index in [9.17, 15) is 5.11 Å². The normalized spacial score (nSPS) is 17.6. The van der Waals surface area contributed by atoms with E-state index in [1.807, 2.05) is 18.2 Å². The second-order valence-corrected chi connectivity index (χ2v) is 5.31. The van der Waals surface area contributed by atoms with E-state index < -0.39 is 0 Å². The van der Waals surface area contributed by atoms with Gasteiger partial charge in [-0.15, -0.1) is 0 Å². The Morgan fingerprint density at radius 3 is 2.75 bits per heavy atom. The molecular weight excluding hydrogens is 250 g/mol. The first-order chi connectivity index (χ1) is 9.72. The Morgan fingerprint density at radius 2 is 1.95 bits per heavy atom. The summed E-state index contributed by atoms with van der Waals surface area (Å²) in [6.07, 6.45) is 3.33. The fraction of sp³-hybridized carbons (Fsp3) is 0.294. The number of aromatic hydroxyl groups is 1. The fourth-order valence-corrected chi connectivity index (χ4v) is 2.66. The van der Waals surface area contributed by atoms with Crippen LogP contribution in [0.1, 0.15) is 35.6 Å². The van der Waals surface area contributed by atoms with Gasteiger partial charge in [-0.3, -0.25) is 0 Å². The lowest BCUT2D eigenvalue weighted by atomic mass is 9.88. The number of benzene rings is 2. The van der Waals surface area contributed by atoms with Gasteiger partial charge in [0.1, 0.15) is 18.1 Å². The summed E-state index contributed by atoms with van der Waals surface area (Å²) in [5, 5.41) is 9.25. The van der Waals surface area contributed by atoms with Crippen LogP contribution in [0.5, 0.6) is 11.5 Å². The number of nitrogens with two attached hydrogens (primary N) is 1. The van der Waals surface area contributed by atoms with Gasteiger partial charge in [0, 0.05) is 6.04 Å². The van der Waals surface area contributed by atoms with Crippen molar-refractivity contribution in [2.75, 3.05) is 0 Å². The second-order valence-electron chi connectivity index (χ2n) is 5.31. The summed E-state index contributed by atoms with van der Waals surface area (Å²) >= 11 is 0. The van der Waals surface area contributed by atoms with Crippen molar-refractivity contribution in [3.05, 3.63) is 59.2 Å². The number of phenolic OH excluding ortho intramolecular Hbond substituents is 1. The van der Waals surface area contributed by atoms with Crippen molar-refractivity contribution in [3.63, 3.8) is 0 Å². The minimum atomic E-state index is 0.135. The van der Waals surface area contributed by atoms with Crippen molar-refractivity contribution < 1.29 is 9.84 Å². The number of ether oxygens (including phenoxy) is 1. The largest absolute Gasteiger partial charge is 0.508 e. The van der Waals surface area contributed by atoms with E-state index in [1.165, 1.54) is 17.5 Å². The highest BCUT2D eigenvalue weighted by Gasteiger charge is 2.17. The molecule has 0 heterocycles. The third-order valence-corrected chi connectivity index (χ3v) is 3.82. The Hall–Kier alpha value is -2.00. The average molecular weight is 269 g/mol. The van der Waals surface area contributed by atoms with Gasteiger partial charge in [0.15, 0.2) is 0 Å². The summed E-state index contributed by atoms with van der Waals surface area (Å²) in [6, 6.07) is 13.4. The van der Waals surface area contributed by atoms with E-state index in [4.69, 9.17) is 10.5 Å². The van der Waals surface area contributed by atoms with Gasteiger partial charge in [-0.25, -0.2) is 0 Å². The Labute approximate surface area is 119 Å². The molecule has 3 nitrogen and oxygen atoms in total. The SMILES string of the molecule is NC1CCCc2ccc(OCc3ccc(O)cc3)cc21. The lowest BCUT2D eigenvalue weighted by molar-refractivity contribution is 0.305. The molecule has 1 aliphatic rings. The minimum absolute atomic E-state index is 0.135. The molecule has 1 atom stereocenters. The third-order valence-electron chi connectivity index (χ3n) is 3.82. The topological polar surface area (TPSA) is 55.5 Å². The Bertz CT molecular complexity index is 592. The smallest absolute Gasteiger partial charge is 0.120 e. The number of fused-ring (bicyclic) bond motifs is 1. The van der Waals surface area contributed by atoms with Crippen LogP contribution in [0, 0.1) is 0 Å². The van der Waals surface area contributed by atoms with E-state index in [1.54, 1.807) is 12.1 Å². The number of hydrogen-bond donors (Lipinski definition) is 2. The van der Waals surface area contributed by atoms with Gasteiger partial charge in [-0.2, -0.15) is 0 Å². The summed E-state index contributed by atoms with van der Waals surface area (Å²) < 4.78 is 5.81. The molecule has 0 radical (unpaired) electrons. The minimum Gasteiger partial charge on any atom is -0.508 e. The van der Waals surface area contributed by atoms with Crippen LogP contribution < -0.4 is 10.5 Å². The first-order valence-corrected chi connectivity index (χ1v) is 7.01. The molecule has 3 heteroatoms. The summed E-state index contributed by atoms with van der Waals surface area (Å²) in [4.78, 5) is 0. The van der Waals surface area contributed by atoms with Crippen LogP contribution >= 0.6 is 0 Å². The molecule has 0 amide bonds. The molecule has 1 aliphatic carbocycles. The Kier molecular flexibility index (Phi) is 3.61. The first-order valence-electron chi connectivity index (χ1n) is 7.01. The Balaban J connectivity index is 1.72. The maximum absolute atomic E-state index is 9.25. The number of hydrogen-bond acceptors (Lipinski definition) is 3. The maximum atomic E-state index is 9.25. The van der Waals surface area contributed by atoms with Gasteiger partial charge >= 0.3 is 0 Å². The number of phenols is 1. The fourth-order valence-electron chi connectivity index (χ4n) is 2.66. The molecule has 3 rings (SSSR count). The van der Waals surface area contributed by atoms with Crippen molar-refractivity contribution in [2.24, 2.45) is 5.73 Å². The van der Waals surface area contributed by atoms with E-state index >= 15 is 0 Å². The predicted molar refractivity (Wildman–Crippen MR) is 78.7 cm³/mol. The number of aryl methyl sites for hydroxylation is 1. The molecule has 0 bridgehead atoms. The summed E-state index contributed by atoms with van der Waals surface area (Å²) in [6.45, 7) is 0.494. The molecule has 104 valence electrons. The van der Waals surface area contributed by atoms with Crippen molar-refractivity contribution in [1.29, 1.82) is 0 Å². The van der Waals surface area contributed by atoms with Crippen LogP contribution in [0.3, 0.4) is 0 Å². The molecule has 20 heavy (non-hydrogen) atoms. The highest BCUT2D eigenvalue weighted by molar-refractivity contribution is 5.39. The van der Waals surface area contributed by atoms with Crippen LogP contribution in [0.25, 0.3) is 0 Å². The van der Waals surface area contributed by atoms with Crippen molar-refractivity contribution in [1.82, 2.24) is 0 Å². The molecule has 0 aliphatic heterocycles. The average Bonchev–Trinajstić information content (AvgIpc) is 2.47. The van der Waals surface area contributed by atoms with Gasteiger partial charge in [0.05, 0.1) is 0 Å². The van der Waals surface area contributed by atoms with Gasteiger partial charge in [-0.1, -0.05) is 18.2 Å². The first kappa shape index (κ1) is 13.0. The van der Waals surface area contributed by atoms with Crippen molar-refractivity contribution in [3.8, 4) is 11.5 Å². The molecule has 0 spiro atoms. The third kappa shape index (κ3) is 2.78. The molecule has 0 aromatic heterocycles. The van der Waals surface area contributed by atoms with E-state index in [0.717, 1.165) is 24.2 Å². The zero-order valence-corrected chi connectivity index (χ0v) is 11.4. The van der Waals surface area contributed by atoms with Gasteiger partial charge in [0.25, 0.3) is 0 Å². The van der Waals surface area contributed by atoms with E-state index in [-0.39, 0.29) is 11.8 Å². The lowest BCUT2D eigenvalue weighted by Gasteiger charge is -2.22. The number of rotatable bonds is 3. The molecule has 2 aromatic carbocycles. The summed E-state index contributed by atoms with van der Waals surface area (Å²) in [7, 11) is 0. The van der Waals surface area contributed by atoms with Gasteiger partial charge in [0.2, 0.25) is 0 Å². The van der Waals surface area contributed by atoms with E-state index in [0.29, 0.717) is 6.61 Å². The zero-order chi connectivity index (χ0) is 13.9. The molecule has 0 fully saturated rings. The Morgan fingerprint density at radius 1 is 1.15 bits per heavy atom. The molecular formula is C17H19NO2. The second kappa shape index (κ2) is 5.55. The monoisotopic (exact) mass is 269 g/mol. The quantitative estimate of drug-likeness (QED) is 0.898. The van der Waals surface area contributed by atoms with Crippen LogP contribution in [0.2, 0.25) is 0 Å². The molecule has 1 unspecified atom stereocenters. The predicted octanol–water partition coefficient (Wildman–Crippen LogP) is 3.31. The molecule has 2 aromatic rings. The molecule has 3 N–H and O–H groups in total. The lowest BCUT2D eigenvalue weighted by Crippen LogP contribution is -2.17. The highest BCUT2D eigenvalue weighted by atomic mass is 16.5. The van der Waals surface area contributed by atoms with Crippen LogP contribution in [0.15, 0.2) is 42.5 Å². The van der Waals surface area contributed by atoms with E-state index in [2.05, 4.69) is 12.1 Å². The zero-order valence-electron chi connectivity index (χ0n) is 11.4. The summed E-state index contributed by atoms with van der Waals surface area (Å²) in [5.41, 5.74) is 9.76. The van der Waals surface area contributed by atoms with Gasteiger partial charge < -0.3 is 15.6 Å². The van der Waals surface area contributed by atoms with Crippen molar-refractivity contribution in [2.45, 2.75) is 31.9 Å². The summed E-state index contributed by atoms with van der Waals surface area (Å²) in [5.74, 6) is 1.13. The van der Waals surface area contributed by atoms with Gasteiger partial charge in [-0.05, 0) is 60.2 Å². The maximum Gasteiger partial charge on any atom is 0.120 e. The van der Waals surface area contributed by atoms with Crippen LogP contribution in [-0.2, 0) is 13.0 Å². The molecule has 0 saturated heterocycles. The van der Waals surface area contributed by atoms with Crippen molar-refractivity contribution >= 4 is 0 Å².